The minimum Gasteiger partial charge on any atom is -0.465 e. The number of carbonyl (C=O) groups is 2. The summed E-state index contributed by atoms with van der Waals surface area (Å²) in [5, 5.41) is 0. The molecule has 1 heterocycles. The van der Waals surface area contributed by atoms with E-state index in [0.29, 0.717) is 0 Å². The van der Waals surface area contributed by atoms with Gasteiger partial charge >= 0.3 is 11.9 Å². The van der Waals surface area contributed by atoms with Gasteiger partial charge in [0.25, 0.3) is 0 Å². The first-order chi connectivity index (χ1) is 11.0. The second kappa shape index (κ2) is 7.53. The first kappa shape index (κ1) is 17.4. The van der Waals surface area contributed by atoms with Gasteiger partial charge in [-0.05, 0) is 26.7 Å². The molecular formula is C17H24N2O4. The highest BCUT2D eigenvalue weighted by atomic mass is 16.6. The molecule has 126 valence electrons. The van der Waals surface area contributed by atoms with E-state index in [0.717, 1.165) is 18.5 Å². The molecule has 0 aromatic carbocycles. The van der Waals surface area contributed by atoms with Gasteiger partial charge in [0, 0.05) is 11.6 Å². The maximum Gasteiger partial charge on any atom is 0.326 e. The highest BCUT2D eigenvalue weighted by Crippen LogP contribution is 2.39. The molecular weight excluding hydrogens is 296 g/mol. The third kappa shape index (κ3) is 3.86. The van der Waals surface area contributed by atoms with Crippen LogP contribution in [0.15, 0.2) is 12.4 Å². The zero-order chi connectivity index (χ0) is 16.9. The van der Waals surface area contributed by atoms with Crippen LogP contribution in [0.1, 0.15) is 63.8 Å². The van der Waals surface area contributed by atoms with Crippen molar-refractivity contribution in [2.75, 3.05) is 13.2 Å². The van der Waals surface area contributed by atoms with E-state index in [4.69, 9.17) is 9.47 Å². The highest BCUT2D eigenvalue weighted by Gasteiger charge is 2.35. The van der Waals surface area contributed by atoms with Crippen molar-refractivity contribution in [3.63, 3.8) is 0 Å². The Kier molecular flexibility index (Phi) is 5.69. The molecule has 0 unspecified atom stereocenters. The van der Waals surface area contributed by atoms with Crippen LogP contribution in [0.5, 0.6) is 0 Å². The summed E-state index contributed by atoms with van der Waals surface area (Å²) in [6.45, 7) is 5.94. The molecule has 2 rings (SSSR count). The lowest BCUT2D eigenvalue weighted by molar-refractivity contribution is -0.157. The summed E-state index contributed by atoms with van der Waals surface area (Å²) < 4.78 is 9.94. The monoisotopic (exact) mass is 320 g/mol. The van der Waals surface area contributed by atoms with Crippen molar-refractivity contribution in [2.45, 2.75) is 57.8 Å². The molecule has 1 aliphatic carbocycles. The second-order valence-electron chi connectivity index (χ2n) is 6.03. The SMILES string of the molecule is CCOC(=O)C(C(=O)OCC)c1cnc(C2(C)CCCC2)cn1. The first-order valence-electron chi connectivity index (χ1n) is 8.17. The zero-order valence-electron chi connectivity index (χ0n) is 14.0. The van der Waals surface area contributed by atoms with E-state index < -0.39 is 17.9 Å². The molecule has 0 amide bonds. The van der Waals surface area contributed by atoms with Gasteiger partial charge in [0.2, 0.25) is 0 Å². The molecule has 6 heteroatoms. The summed E-state index contributed by atoms with van der Waals surface area (Å²) in [4.78, 5) is 32.9. The Morgan fingerprint density at radius 3 is 2.09 bits per heavy atom. The third-order valence-corrected chi connectivity index (χ3v) is 4.34. The Hall–Kier alpha value is -1.98. The van der Waals surface area contributed by atoms with Gasteiger partial charge in [-0.25, -0.2) is 0 Å². The average Bonchev–Trinajstić information content (AvgIpc) is 2.97. The maximum atomic E-state index is 12.1. The van der Waals surface area contributed by atoms with Gasteiger partial charge in [-0.1, -0.05) is 19.8 Å². The molecule has 1 fully saturated rings. The normalized spacial score (nSPS) is 16.3. The predicted octanol–water partition coefficient (Wildman–Crippen LogP) is 2.52. The fourth-order valence-electron chi connectivity index (χ4n) is 3.00. The average molecular weight is 320 g/mol. The Labute approximate surface area is 136 Å². The van der Waals surface area contributed by atoms with Crippen LogP contribution >= 0.6 is 0 Å². The largest absolute Gasteiger partial charge is 0.465 e. The molecule has 1 aliphatic rings. The van der Waals surface area contributed by atoms with Crippen molar-refractivity contribution in [1.29, 1.82) is 0 Å². The van der Waals surface area contributed by atoms with E-state index in [1.54, 1.807) is 20.0 Å². The van der Waals surface area contributed by atoms with Crippen LogP contribution in [0, 0.1) is 0 Å². The number of aromatic nitrogens is 2. The van der Waals surface area contributed by atoms with Gasteiger partial charge in [-0.3, -0.25) is 19.6 Å². The minimum absolute atomic E-state index is 0.0366. The lowest BCUT2D eigenvalue weighted by atomic mass is 9.85. The van der Waals surface area contributed by atoms with E-state index in [9.17, 15) is 9.59 Å². The summed E-state index contributed by atoms with van der Waals surface area (Å²) in [6, 6.07) is 0. The van der Waals surface area contributed by atoms with Gasteiger partial charge in [0.1, 0.15) is 0 Å². The number of ether oxygens (including phenoxy) is 2. The van der Waals surface area contributed by atoms with Crippen LogP contribution in [0.25, 0.3) is 0 Å². The number of nitrogens with zero attached hydrogens (tertiary/aromatic N) is 2. The summed E-state index contributed by atoms with van der Waals surface area (Å²) in [7, 11) is 0. The van der Waals surface area contributed by atoms with Gasteiger partial charge < -0.3 is 9.47 Å². The number of hydrogen-bond acceptors (Lipinski definition) is 6. The quantitative estimate of drug-likeness (QED) is 0.592. The lowest BCUT2D eigenvalue weighted by Gasteiger charge is -2.22. The second-order valence-corrected chi connectivity index (χ2v) is 6.03. The minimum atomic E-state index is -1.17. The Morgan fingerprint density at radius 1 is 1.09 bits per heavy atom. The third-order valence-electron chi connectivity index (χ3n) is 4.34. The highest BCUT2D eigenvalue weighted by molar-refractivity contribution is 6.00. The number of carbonyl (C=O) groups excluding carboxylic acids is 2. The fourth-order valence-corrected chi connectivity index (χ4v) is 3.00. The van der Waals surface area contributed by atoms with Crippen molar-refractivity contribution in [3.05, 3.63) is 23.8 Å². The molecule has 1 aromatic heterocycles. The number of rotatable bonds is 6. The van der Waals surface area contributed by atoms with Crippen LogP contribution in [0.4, 0.5) is 0 Å². The van der Waals surface area contributed by atoms with Crippen molar-refractivity contribution in [2.24, 2.45) is 0 Å². The maximum absolute atomic E-state index is 12.1. The van der Waals surface area contributed by atoms with E-state index in [1.807, 2.05) is 0 Å². The topological polar surface area (TPSA) is 78.4 Å². The molecule has 0 spiro atoms. The van der Waals surface area contributed by atoms with Gasteiger partial charge in [0.15, 0.2) is 5.92 Å². The summed E-state index contributed by atoms with van der Waals surface area (Å²) in [6.07, 6.45) is 7.71. The van der Waals surface area contributed by atoms with Crippen molar-refractivity contribution in [1.82, 2.24) is 9.97 Å². The molecule has 0 aliphatic heterocycles. The van der Waals surface area contributed by atoms with E-state index in [2.05, 4.69) is 16.9 Å². The number of hydrogen-bond donors (Lipinski definition) is 0. The van der Waals surface area contributed by atoms with Crippen molar-refractivity contribution < 1.29 is 19.1 Å². The summed E-state index contributed by atoms with van der Waals surface area (Å²) in [5.41, 5.74) is 1.21. The Morgan fingerprint density at radius 2 is 1.65 bits per heavy atom. The standard InChI is InChI=1S/C17H24N2O4/c1-4-22-15(20)14(16(21)23-5-2)12-10-19-13(11-18-12)17(3)8-6-7-9-17/h10-11,14H,4-9H2,1-3H3. The van der Waals surface area contributed by atoms with Crippen LogP contribution in [-0.4, -0.2) is 35.1 Å². The molecule has 1 aromatic rings. The van der Waals surface area contributed by atoms with Gasteiger partial charge in [-0.15, -0.1) is 0 Å². The molecule has 0 N–H and O–H groups in total. The van der Waals surface area contributed by atoms with Crippen LogP contribution in [-0.2, 0) is 24.5 Å². The van der Waals surface area contributed by atoms with E-state index >= 15 is 0 Å². The summed E-state index contributed by atoms with van der Waals surface area (Å²) in [5.74, 6) is -2.48. The molecule has 6 nitrogen and oxygen atoms in total. The Bertz CT molecular complexity index is 532. The van der Waals surface area contributed by atoms with Crippen LogP contribution in [0.3, 0.4) is 0 Å². The molecule has 0 radical (unpaired) electrons. The van der Waals surface area contributed by atoms with Gasteiger partial charge in [-0.2, -0.15) is 0 Å². The smallest absolute Gasteiger partial charge is 0.326 e. The lowest BCUT2D eigenvalue weighted by Crippen LogP contribution is -2.28. The molecule has 23 heavy (non-hydrogen) atoms. The zero-order valence-corrected chi connectivity index (χ0v) is 14.0. The molecule has 0 bridgehead atoms. The van der Waals surface area contributed by atoms with Crippen LogP contribution < -0.4 is 0 Å². The molecule has 0 saturated heterocycles. The van der Waals surface area contributed by atoms with Gasteiger partial charge in [0.05, 0.1) is 30.8 Å². The van der Waals surface area contributed by atoms with E-state index in [1.165, 1.54) is 19.0 Å². The predicted molar refractivity (Wildman–Crippen MR) is 83.9 cm³/mol. The van der Waals surface area contributed by atoms with E-state index in [-0.39, 0.29) is 24.3 Å². The number of esters is 2. The van der Waals surface area contributed by atoms with Crippen LogP contribution in [0.2, 0.25) is 0 Å². The summed E-state index contributed by atoms with van der Waals surface area (Å²) >= 11 is 0. The molecule has 0 atom stereocenters. The molecule has 1 saturated carbocycles. The van der Waals surface area contributed by atoms with Crippen molar-refractivity contribution >= 4 is 11.9 Å². The first-order valence-corrected chi connectivity index (χ1v) is 8.17. The fraction of sp³-hybridized carbons (Fsp3) is 0.647. The Balaban J connectivity index is 2.24. The van der Waals surface area contributed by atoms with Crippen molar-refractivity contribution in [3.8, 4) is 0 Å².